The number of aromatic nitrogens is 2. The maximum Gasteiger partial charge on any atom is 0.260 e. The number of amidine groups is 1. The van der Waals surface area contributed by atoms with Crippen molar-refractivity contribution in [3.63, 3.8) is 0 Å². The number of fused-ring (bicyclic) bond motifs is 1. The van der Waals surface area contributed by atoms with Crippen molar-refractivity contribution in [3.8, 4) is 0 Å². The van der Waals surface area contributed by atoms with Crippen LogP contribution in [0.4, 0.5) is 11.6 Å². The molecular weight excluding hydrogens is 426 g/mol. The molecule has 0 aliphatic carbocycles. The molecule has 2 aliphatic rings. The first-order valence-electron chi connectivity index (χ1n) is 12.1. The first kappa shape index (κ1) is 23.9. The van der Waals surface area contributed by atoms with Crippen LogP contribution in [0.2, 0.25) is 0 Å². The van der Waals surface area contributed by atoms with Gasteiger partial charge in [0.05, 0.1) is 17.8 Å². The number of carbonyl (C=O) groups excluding carboxylic acids is 1. The van der Waals surface area contributed by atoms with Gasteiger partial charge in [-0.25, -0.2) is 9.97 Å². The summed E-state index contributed by atoms with van der Waals surface area (Å²) in [6.45, 7) is 12.2. The standard InChI is InChI=1S/C26H35N7O.H2/c1-6-20(27)24-19-16-33(22-13-9-12-21(29-22)25(28-5)31(7-2)8-3)26(34)18(19)15-23(30-24)32-14-10-11-17(32)4;/h7,9,12-13,15,17,20H,2,6,8,10-11,14,16,27H2,1,3-5H3;1H/t17-,20+;/m1./s1. The summed E-state index contributed by atoms with van der Waals surface area (Å²) in [5.41, 5.74) is 9.59. The highest BCUT2D eigenvalue weighted by molar-refractivity contribution is 6.10. The van der Waals surface area contributed by atoms with Crippen LogP contribution in [-0.2, 0) is 6.54 Å². The number of hydrogen-bond donors (Lipinski definition) is 1. The lowest BCUT2D eigenvalue weighted by Crippen LogP contribution is -2.29. The summed E-state index contributed by atoms with van der Waals surface area (Å²) in [6, 6.07) is 7.80. The Kier molecular flexibility index (Phi) is 6.97. The fraction of sp³-hybridized carbons (Fsp3) is 0.462. The Balaban J connectivity index is 0.00000342. The zero-order chi connectivity index (χ0) is 24.4. The van der Waals surface area contributed by atoms with Crippen molar-refractivity contribution in [2.45, 2.75) is 58.7 Å². The second-order valence-electron chi connectivity index (χ2n) is 8.88. The van der Waals surface area contributed by atoms with Crippen molar-refractivity contribution in [2.75, 3.05) is 29.9 Å². The Morgan fingerprint density at radius 2 is 2.18 bits per heavy atom. The van der Waals surface area contributed by atoms with E-state index in [1.807, 2.05) is 43.0 Å². The first-order chi connectivity index (χ1) is 16.4. The van der Waals surface area contributed by atoms with Gasteiger partial charge in [0.1, 0.15) is 17.3 Å². The third-order valence-corrected chi connectivity index (χ3v) is 6.86. The predicted octanol–water partition coefficient (Wildman–Crippen LogP) is 4.12. The van der Waals surface area contributed by atoms with E-state index in [9.17, 15) is 4.79 Å². The van der Waals surface area contributed by atoms with Crippen LogP contribution in [0.15, 0.2) is 42.0 Å². The summed E-state index contributed by atoms with van der Waals surface area (Å²) >= 11 is 0. The molecule has 8 heteroatoms. The molecule has 0 bridgehead atoms. The van der Waals surface area contributed by atoms with Gasteiger partial charge in [0.25, 0.3) is 5.91 Å². The normalized spacial score (nSPS) is 18.9. The molecule has 0 spiro atoms. The maximum atomic E-state index is 13.6. The summed E-state index contributed by atoms with van der Waals surface area (Å²) in [4.78, 5) is 33.8. The van der Waals surface area contributed by atoms with Gasteiger partial charge in [0.2, 0.25) is 0 Å². The topological polar surface area (TPSA) is 91.0 Å². The van der Waals surface area contributed by atoms with Gasteiger partial charge in [-0.15, -0.1) is 0 Å². The monoisotopic (exact) mass is 463 g/mol. The molecule has 0 aromatic carbocycles. The third kappa shape index (κ3) is 4.18. The van der Waals surface area contributed by atoms with Gasteiger partial charge in [-0.3, -0.25) is 14.7 Å². The van der Waals surface area contributed by atoms with Gasteiger partial charge in [0, 0.05) is 39.2 Å². The summed E-state index contributed by atoms with van der Waals surface area (Å²) in [5.74, 6) is 2.09. The van der Waals surface area contributed by atoms with E-state index >= 15 is 0 Å². The zero-order valence-electron chi connectivity index (χ0n) is 20.7. The summed E-state index contributed by atoms with van der Waals surface area (Å²) in [5, 5.41) is 0. The number of anilines is 2. The highest BCUT2D eigenvalue weighted by atomic mass is 16.2. The zero-order valence-corrected chi connectivity index (χ0v) is 20.7. The van der Waals surface area contributed by atoms with Gasteiger partial charge in [-0.1, -0.05) is 19.6 Å². The van der Waals surface area contributed by atoms with E-state index in [-0.39, 0.29) is 13.4 Å². The Morgan fingerprint density at radius 3 is 2.79 bits per heavy atom. The Bertz CT molecular complexity index is 1120. The minimum atomic E-state index is -0.219. The lowest BCUT2D eigenvalue weighted by atomic mass is 10.0. The molecule has 1 amide bonds. The molecule has 1 saturated heterocycles. The number of pyridine rings is 2. The molecule has 8 nitrogen and oxygen atoms in total. The van der Waals surface area contributed by atoms with E-state index in [1.165, 1.54) is 0 Å². The molecule has 4 rings (SSSR count). The van der Waals surface area contributed by atoms with E-state index in [2.05, 4.69) is 23.4 Å². The van der Waals surface area contributed by atoms with Crippen molar-refractivity contribution in [3.05, 3.63) is 59.6 Å². The van der Waals surface area contributed by atoms with Crippen LogP contribution in [0.1, 0.15) is 74.8 Å². The number of rotatable bonds is 7. The first-order valence-corrected chi connectivity index (χ1v) is 12.1. The fourth-order valence-electron chi connectivity index (χ4n) is 4.87. The van der Waals surface area contributed by atoms with Crippen molar-refractivity contribution in [1.29, 1.82) is 0 Å². The van der Waals surface area contributed by atoms with E-state index < -0.39 is 0 Å². The Morgan fingerprint density at radius 1 is 1.38 bits per heavy atom. The van der Waals surface area contributed by atoms with Crippen LogP contribution < -0.4 is 15.5 Å². The van der Waals surface area contributed by atoms with Gasteiger partial charge < -0.3 is 15.5 Å². The summed E-state index contributed by atoms with van der Waals surface area (Å²) < 4.78 is 0. The van der Waals surface area contributed by atoms with Crippen LogP contribution in [0.3, 0.4) is 0 Å². The number of hydrogen-bond acceptors (Lipinski definition) is 6. The van der Waals surface area contributed by atoms with Crippen molar-refractivity contribution in [1.82, 2.24) is 14.9 Å². The molecule has 2 aromatic rings. The fourth-order valence-corrected chi connectivity index (χ4v) is 4.87. The average molecular weight is 464 g/mol. The van der Waals surface area contributed by atoms with Gasteiger partial charge >= 0.3 is 0 Å². The van der Waals surface area contributed by atoms with Gasteiger partial charge in [-0.05, 0) is 57.5 Å². The van der Waals surface area contributed by atoms with Crippen LogP contribution in [0.25, 0.3) is 0 Å². The summed E-state index contributed by atoms with van der Waals surface area (Å²) in [6.07, 6.45) is 4.75. The minimum absolute atomic E-state index is 0. The van der Waals surface area contributed by atoms with Crippen LogP contribution in [0, 0.1) is 0 Å². The molecular formula is C26H37N7O. The van der Waals surface area contributed by atoms with Crippen LogP contribution in [0.5, 0.6) is 0 Å². The quantitative estimate of drug-likeness (QED) is 0.491. The van der Waals surface area contributed by atoms with Gasteiger partial charge in [0.15, 0.2) is 5.84 Å². The van der Waals surface area contributed by atoms with Gasteiger partial charge in [-0.2, -0.15) is 0 Å². The number of aliphatic imine (C=N–C) groups is 1. The van der Waals surface area contributed by atoms with E-state index in [1.54, 1.807) is 18.1 Å². The lowest BCUT2D eigenvalue weighted by Gasteiger charge is -2.25. The third-order valence-electron chi connectivity index (χ3n) is 6.86. The molecule has 2 atom stereocenters. The average Bonchev–Trinajstić information content (AvgIpc) is 3.44. The largest absolute Gasteiger partial charge is 0.354 e. The molecule has 2 aliphatic heterocycles. The number of carbonyl (C=O) groups is 1. The molecule has 182 valence electrons. The minimum Gasteiger partial charge on any atom is -0.354 e. The molecule has 0 unspecified atom stereocenters. The van der Waals surface area contributed by atoms with Crippen LogP contribution in [-0.4, -0.2) is 52.8 Å². The number of amides is 1. The molecule has 0 saturated carbocycles. The smallest absolute Gasteiger partial charge is 0.260 e. The maximum absolute atomic E-state index is 13.6. The molecule has 34 heavy (non-hydrogen) atoms. The Labute approximate surface area is 203 Å². The highest BCUT2D eigenvalue weighted by Crippen LogP contribution is 2.35. The van der Waals surface area contributed by atoms with Crippen LogP contribution >= 0.6 is 0 Å². The number of nitrogens with zero attached hydrogens (tertiary/aromatic N) is 6. The molecule has 0 radical (unpaired) electrons. The number of nitrogens with two attached hydrogens (primary N) is 1. The van der Waals surface area contributed by atoms with Crippen molar-refractivity contribution >= 4 is 23.4 Å². The molecule has 2 aromatic heterocycles. The van der Waals surface area contributed by atoms with E-state index in [4.69, 9.17) is 15.7 Å². The second kappa shape index (κ2) is 9.93. The lowest BCUT2D eigenvalue weighted by molar-refractivity contribution is 0.0996. The highest BCUT2D eigenvalue weighted by Gasteiger charge is 2.35. The Hall–Kier alpha value is -3.26. The second-order valence-corrected chi connectivity index (χ2v) is 8.88. The molecule has 4 heterocycles. The predicted molar refractivity (Wildman–Crippen MR) is 139 cm³/mol. The summed E-state index contributed by atoms with van der Waals surface area (Å²) in [7, 11) is 1.73. The molecule has 2 N–H and O–H groups in total. The van der Waals surface area contributed by atoms with Crippen molar-refractivity contribution in [2.24, 2.45) is 10.7 Å². The SMILES string of the molecule is C=CN(CC)C(=NC)c1cccc(N2Cc3c(cc(N4CCC[C@H]4C)nc3[C@@H](N)CC)C2=O)n1.[HH]. The van der Waals surface area contributed by atoms with E-state index in [0.29, 0.717) is 35.5 Å². The van der Waals surface area contributed by atoms with E-state index in [0.717, 1.165) is 49.4 Å². The molecule has 1 fully saturated rings. The van der Waals surface area contributed by atoms with Crippen molar-refractivity contribution < 1.29 is 6.22 Å².